The summed E-state index contributed by atoms with van der Waals surface area (Å²) in [5.41, 5.74) is -1.74. The Bertz CT molecular complexity index is 2610. The van der Waals surface area contributed by atoms with E-state index >= 15 is 26.3 Å². The summed E-state index contributed by atoms with van der Waals surface area (Å²) in [5, 5.41) is 0. The van der Waals surface area contributed by atoms with E-state index in [1.165, 1.54) is 0 Å². The zero-order chi connectivity index (χ0) is 48.8. The van der Waals surface area contributed by atoms with Gasteiger partial charge in [-0.25, -0.2) is 0 Å². The van der Waals surface area contributed by atoms with E-state index in [2.05, 4.69) is 0 Å². The third kappa shape index (κ3) is 9.91. The normalized spacial score (nSPS) is 11.6. The summed E-state index contributed by atoms with van der Waals surface area (Å²) in [7, 11) is 6.30. The number of hydrogen-bond donors (Lipinski definition) is 0. The predicted molar refractivity (Wildman–Crippen MR) is 254 cm³/mol. The molecule has 14 heteroatoms. The molecule has 8 aromatic rings. The average molecular weight is 943 g/mol. The van der Waals surface area contributed by atoms with Crippen LogP contribution in [0.5, 0.6) is 46.0 Å². The number of alkyl halides is 6. The van der Waals surface area contributed by atoms with Gasteiger partial charge in [0.1, 0.15) is 46.0 Å². The summed E-state index contributed by atoms with van der Waals surface area (Å²) in [5.74, 6) is 3.34. The highest BCUT2D eigenvalue weighted by atomic mass is 19.4. The molecule has 8 aromatic carbocycles. The molecule has 0 aliphatic rings. The Balaban J connectivity index is 1.02. The van der Waals surface area contributed by atoms with Crippen molar-refractivity contribution in [1.82, 2.24) is 0 Å². The third-order valence-corrected chi connectivity index (χ3v) is 11.4. The second-order valence-corrected chi connectivity index (χ2v) is 15.4. The van der Waals surface area contributed by atoms with Gasteiger partial charge in [0.25, 0.3) is 0 Å². The Morgan fingerprint density at radius 1 is 0.261 bits per heavy atom. The molecule has 352 valence electrons. The van der Waals surface area contributed by atoms with Gasteiger partial charge >= 0.3 is 12.4 Å². The lowest BCUT2D eigenvalue weighted by Crippen LogP contribution is -2.54. The van der Waals surface area contributed by atoms with Crippen LogP contribution in [0, 0.1) is 0 Å². The van der Waals surface area contributed by atoms with Crippen molar-refractivity contribution in [3.63, 3.8) is 0 Å². The first kappa shape index (κ1) is 47.2. The van der Waals surface area contributed by atoms with Crippen LogP contribution < -0.4 is 38.2 Å². The summed E-state index contributed by atoms with van der Waals surface area (Å²) in [6.07, 6.45) is -11.6. The largest absolute Gasteiger partial charge is 0.497 e. The molecule has 0 aromatic heterocycles. The van der Waals surface area contributed by atoms with Crippen molar-refractivity contribution in [1.29, 1.82) is 0 Å². The summed E-state index contributed by atoms with van der Waals surface area (Å²) >= 11 is 0. The van der Waals surface area contributed by atoms with Gasteiger partial charge in [-0.05, 0) is 181 Å². The maximum atomic E-state index is 15.2. The molecule has 0 aliphatic heterocycles. The fraction of sp³-hybridized carbons (Fsp3) is 0.127. The molecule has 0 aliphatic carbocycles. The van der Waals surface area contributed by atoms with E-state index < -0.39 is 28.9 Å². The van der Waals surface area contributed by atoms with Gasteiger partial charge in [0.05, 0.1) is 28.4 Å². The smallest absolute Gasteiger partial charge is 0.411 e. The lowest BCUT2D eigenvalue weighted by atomic mass is 9.73. The van der Waals surface area contributed by atoms with E-state index in [0.29, 0.717) is 34.5 Å². The number of ether oxygens (including phenoxy) is 6. The second kappa shape index (κ2) is 19.9. The number of nitrogens with zero attached hydrogens (tertiary/aromatic N) is 2. The zero-order valence-corrected chi connectivity index (χ0v) is 37.6. The Hall–Kier alpha value is -8.26. The lowest BCUT2D eigenvalue weighted by molar-refractivity contribution is -0.288. The van der Waals surface area contributed by atoms with Gasteiger partial charge in [-0.2, -0.15) is 26.3 Å². The first-order chi connectivity index (χ1) is 33.2. The number of rotatable bonds is 16. The van der Waals surface area contributed by atoms with Crippen LogP contribution in [0.4, 0.5) is 60.5 Å². The van der Waals surface area contributed by atoms with E-state index in [1.54, 1.807) is 77.0 Å². The summed E-state index contributed by atoms with van der Waals surface area (Å²) < 4.78 is 124. The van der Waals surface area contributed by atoms with Gasteiger partial charge < -0.3 is 38.2 Å². The van der Waals surface area contributed by atoms with Crippen LogP contribution >= 0.6 is 0 Å². The molecule has 0 amide bonds. The Morgan fingerprint density at radius 3 is 0.609 bits per heavy atom. The Morgan fingerprint density at radius 2 is 0.435 bits per heavy atom. The maximum Gasteiger partial charge on any atom is 0.411 e. The number of halogens is 6. The lowest BCUT2D eigenvalue weighted by Gasteiger charge is -2.38. The maximum absolute atomic E-state index is 15.2. The summed E-state index contributed by atoms with van der Waals surface area (Å²) in [4.78, 5) is 3.95. The van der Waals surface area contributed by atoms with Crippen molar-refractivity contribution < 1.29 is 54.8 Å². The zero-order valence-electron chi connectivity index (χ0n) is 37.6. The molecule has 0 atom stereocenters. The monoisotopic (exact) mass is 942 g/mol. The molecular weight excluding hydrogens is 899 g/mol. The first-order valence-corrected chi connectivity index (χ1v) is 21.3. The van der Waals surface area contributed by atoms with E-state index in [1.807, 2.05) is 107 Å². The van der Waals surface area contributed by atoms with Crippen LogP contribution in [0.2, 0.25) is 0 Å². The second-order valence-electron chi connectivity index (χ2n) is 15.4. The van der Waals surface area contributed by atoms with Crippen LogP contribution in [0.3, 0.4) is 0 Å². The van der Waals surface area contributed by atoms with Crippen molar-refractivity contribution in [2.45, 2.75) is 17.8 Å². The number of methoxy groups -OCH3 is 4. The fourth-order valence-electron chi connectivity index (χ4n) is 7.95. The third-order valence-electron chi connectivity index (χ3n) is 11.4. The molecule has 69 heavy (non-hydrogen) atoms. The van der Waals surface area contributed by atoms with E-state index in [0.717, 1.165) is 82.7 Å². The molecule has 0 spiro atoms. The minimum absolute atomic E-state index is 0.0257. The molecule has 0 saturated carbocycles. The Labute approximate surface area is 395 Å². The molecule has 0 radical (unpaired) electrons. The SMILES string of the molecule is COc1ccc(N(c2ccc(OC)cc2)c2ccc(Oc3ccc(C(c4ccc(Oc5ccc(N(c6ccc(OC)cc6)c6ccc(OC)cc6)cc5)cc4)(C(F)(F)F)C(F)(F)F)cc3)cc2)cc1. The van der Waals surface area contributed by atoms with Gasteiger partial charge in [0.15, 0.2) is 0 Å². The van der Waals surface area contributed by atoms with Gasteiger partial charge in [0, 0.05) is 34.1 Å². The highest BCUT2D eigenvalue weighted by Gasteiger charge is 2.72. The first-order valence-electron chi connectivity index (χ1n) is 21.3. The van der Waals surface area contributed by atoms with Crippen LogP contribution in [-0.4, -0.2) is 40.8 Å². The average Bonchev–Trinajstić information content (AvgIpc) is 3.36. The van der Waals surface area contributed by atoms with Crippen molar-refractivity contribution in [2.24, 2.45) is 0 Å². The molecular formula is C55H44F6N2O6. The summed E-state index contributed by atoms with van der Waals surface area (Å²) in [6.45, 7) is 0. The van der Waals surface area contributed by atoms with Gasteiger partial charge in [-0.15, -0.1) is 0 Å². The quantitative estimate of drug-likeness (QED) is 0.0888. The van der Waals surface area contributed by atoms with Gasteiger partial charge in [-0.3, -0.25) is 0 Å². The Kier molecular flexibility index (Phi) is 13.6. The topological polar surface area (TPSA) is 61.9 Å². The predicted octanol–water partition coefficient (Wildman–Crippen LogP) is 15.7. The molecule has 8 nitrogen and oxygen atoms in total. The van der Waals surface area contributed by atoms with Crippen molar-refractivity contribution >= 4 is 34.1 Å². The minimum Gasteiger partial charge on any atom is -0.497 e. The molecule has 0 bridgehead atoms. The van der Waals surface area contributed by atoms with Crippen LogP contribution in [0.1, 0.15) is 11.1 Å². The van der Waals surface area contributed by atoms with Crippen molar-refractivity contribution in [2.75, 3.05) is 38.2 Å². The molecule has 0 unspecified atom stereocenters. The van der Waals surface area contributed by atoms with Crippen LogP contribution in [0.25, 0.3) is 0 Å². The number of anilines is 6. The molecule has 0 fully saturated rings. The molecule has 0 N–H and O–H groups in total. The van der Waals surface area contributed by atoms with Gasteiger partial charge in [-0.1, -0.05) is 24.3 Å². The highest BCUT2D eigenvalue weighted by molar-refractivity contribution is 5.78. The van der Waals surface area contributed by atoms with Gasteiger partial charge in [0.2, 0.25) is 5.41 Å². The standard InChI is InChI=1S/C55H44F6N2O6/c1-64-45-25-9-39(10-26-45)62(40-11-27-46(65-2)28-12-40)43-17-33-51(34-18-43)68-49-21-5-37(6-22-49)53(54(56,57)58,55(59,60)61)38-7-23-50(24-8-38)69-52-35-19-44(20-36-52)63(41-13-29-47(66-3)30-14-41)42-15-31-48(67-4)32-16-42/h5-36H,1-4H3. The highest BCUT2D eigenvalue weighted by Crippen LogP contribution is 2.56. The number of benzene rings is 8. The fourth-order valence-corrected chi connectivity index (χ4v) is 7.95. The van der Waals surface area contributed by atoms with E-state index in [4.69, 9.17) is 28.4 Å². The molecule has 0 saturated heterocycles. The van der Waals surface area contributed by atoms with Crippen LogP contribution in [0.15, 0.2) is 194 Å². The van der Waals surface area contributed by atoms with Crippen molar-refractivity contribution in [3.8, 4) is 46.0 Å². The summed E-state index contributed by atoms with van der Waals surface area (Å²) in [6, 6.07) is 50.9. The van der Waals surface area contributed by atoms with Crippen LogP contribution in [-0.2, 0) is 5.41 Å². The molecule has 0 heterocycles. The molecule has 8 rings (SSSR count). The van der Waals surface area contributed by atoms with E-state index in [9.17, 15) is 0 Å². The van der Waals surface area contributed by atoms with E-state index in [-0.39, 0.29) is 11.5 Å². The minimum atomic E-state index is -5.80. The number of hydrogen-bond acceptors (Lipinski definition) is 8. The van der Waals surface area contributed by atoms with Crippen molar-refractivity contribution in [3.05, 3.63) is 205 Å².